The lowest BCUT2D eigenvalue weighted by Gasteiger charge is -1.99. The number of hydrogen-bond acceptors (Lipinski definition) is 4. The second-order valence-corrected chi connectivity index (χ2v) is 6.18. The monoisotopic (exact) mass is 368 g/mol. The Bertz CT molecular complexity index is 381. The van der Waals surface area contributed by atoms with E-state index in [2.05, 4.69) is 31.9 Å². The molecule has 0 bridgehead atoms. The van der Waals surface area contributed by atoms with E-state index in [1.807, 2.05) is 0 Å². The summed E-state index contributed by atoms with van der Waals surface area (Å²) in [6, 6.07) is 1.75. The number of rotatable bonds is 5. The first-order chi connectivity index (χ1) is 7.54. The topological polar surface area (TPSA) is 43.4 Å². The van der Waals surface area contributed by atoms with E-state index in [-0.39, 0.29) is 24.6 Å². The predicted molar refractivity (Wildman–Crippen MR) is 69.9 cm³/mol. The van der Waals surface area contributed by atoms with Gasteiger partial charge < -0.3 is 4.74 Å². The minimum absolute atomic E-state index is 0.0375. The lowest BCUT2D eigenvalue weighted by atomic mass is 10.2. The van der Waals surface area contributed by atoms with Crippen LogP contribution in [0, 0.1) is 0 Å². The van der Waals surface area contributed by atoms with Gasteiger partial charge in [-0.1, -0.05) is 0 Å². The van der Waals surface area contributed by atoms with Crippen LogP contribution in [0.15, 0.2) is 14.3 Å². The number of halogens is 2. The van der Waals surface area contributed by atoms with Crippen LogP contribution < -0.4 is 0 Å². The van der Waals surface area contributed by atoms with Crippen molar-refractivity contribution in [2.75, 3.05) is 6.61 Å². The molecule has 0 fully saturated rings. The van der Waals surface area contributed by atoms with E-state index in [0.717, 1.165) is 8.26 Å². The van der Waals surface area contributed by atoms with E-state index in [9.17, 15) is 9.59 Å². The fourth-order valence-electron chi connectivity index (χ4n) is 1.06. The first kappa shape index (κ1) is 13.9. The number of hydrogen-bond donors (Lipinski definition) is 0. The minimum atomic E-state index is -0.328. The van der Waals surface area contributed by atoms with Gasteiger partial charge in [0.2, 0.25) is 0 Å². The molecule has 0 aliphatic heterocycles. The Kier molecular flexibility index (Phi) is 5.64. The maximum atomic E-state index is 11.7. The average molecular weight is 370 g/mol. The Hall–Kier alpha value is -0.200. The van der Waals surface area contributed by atoms with Gasteiger partial charge in [-0.05, 0) is 44.8 Å². The van der Waals surface area contributed by atoms with Gasteiger partial charge in [-0.3, -0.25) is 9.59 Å². The minimum Gasteiger partial charge on any atom is -0.466 e. The van der Waals surface area contributed by atoms with Crippen LogP contribution in [0.5, 0.6) is 0 Å². The summed E-state index contributed by atoms with van der Waals surface area (Å²) in [6.45, 7) is 2.09. The third-order valence-corrected chi connectivity index (χ3v) is 5.08. The molecule has 16 heavy (non-hydrogen) atoms. The van der Waals surface area contributed by atoms with Crippen LogP contribution >= 0.6 is 43.2 Å². The maximum Gasteiger partial charge on any atom is 0.306 e. The lowest BCUT2D eigenvalue weighted by molar-refractivity contribution is -0.143. The van der Waals surface area contributed by atoms with Crippen molar-refractivity contribution in [1.82, 2.24) is 0 Å². The number of esters is 1. The molecule has 0 aromatic carbocycles. The van der Waals surface area contributed by atoms with E-state index in [1.165, 1.54) is 11.3 Å². The van der Waals surface area contributed by atoms with Crippen molar-refractivity contribution in [3.8, 4) is 0 Å². The summed E-state index contributed by atoms with van der Waals surface area (Å²) in [5.74, 6) is -0.366. The molecule has 0 saturated heterocycles. The van der Waals surface area contributed by atoms with Crippen LogP contribution in [0.4, 0.5) is 0 Å². The molecule has 0 aliphatic rings. The van der Waals surface area contributed by atoms with E-state index in [1.54, 1.807) is 13.0 Å². The Morgan fingerprint density at radius 1 is 1.38 bits per heavy atom. The number of carbonyl (C=O) groups is 2. The molecule has 0 aliphatic carbocycles. The van der Waals surface area contributed by atoms with Gasteiger partial charge in [0.1, 0.15) is 0 Å². The standard InChI is InChI=1S/C10H10Br2O3S/c1-2-15-9(14)4-3-7(13)8-5-6(11)10(12)16-8/h5H,2-4H2,1H3. The molecule has 0 unspecified atom stereocenters. The van der Waals surface area contributed by atoms with Gasteiger partial charge in [0, 0.05) is 10.9 Å². The quantitative estimate of drug-likeness (QED) is 0.585. The number of ketones is 1. The van der Waals surface area contributed by atoms with Crippen LogP contribution in [0.1, 0.15) is 29.4 Å². The normalized spacial score (nSPS) is 10.2. The summed E-state index contributed by atoms with van der Waals surface area (Å²) >= 11 is 7.98. The van der Waals surface area contributed by atoms with Crippen molar-refractivity contribution < 1.29 is 14.3 Å². The first-order valence-corrected chi connectivity index (χ1v) is 7.08. The second-order valence-electron chi connectivity index (χ2n) is 2.96. The van der Waals surface area contributed by atoms with Gasteiger partial charge in [-0.25, -0.2) is 0 Å². The Morgan fingerprint density at radius 3 is 2.56 bits per heavy atom. The molecule has 0 amide bonds. The number of Topliss-reactive ketones (excluding diaryl/α,β-unsaturated/α-hetero) is 1. The molecule has 1 rings (SSSR count). The smallest absolute Gasteiger partial charge is 0.306 e. The Labute approximate surface area is 114 Å². The molecule has 0 radical (unpaired) electrons. The fourth-order valence-corrected chi connectivity index (χ4v) is 3.06. The van der Waals surface area contributed by atoms with Crippen molar-refractivity contribution in [2.45, 2.75) is 19.8 Å². The third kappa shape index (κ3) is 3.99. The van der Waals surface area contributed by atoms with Gasteiger partial charge in [0.05, 0.1) is 21.7 Å². The van der Waals surface area contributed by atoms with Crippen molar-refractivity contribution in [3.05, 3.63) is 19.2 Å². The Morgan fingerprint density at radius 2 is 2.06 bits per heavy atom. The zero-order valence-electron chi connectivity index (χ0n) is 8.59. The average Bonchev–Trinajstić information content (AvgIpc) is 2.56. The fraction of sp³-hybridized carbons (Fsp3) is 0.400. The summed E-state index contributed by atoms with van der Waals surface area (Å²) in [6.07, 6.45) is 0.331. The molecule has 0 N–H and O–H groups in total. The number of carbonyl (C=O) groups excluding carboxylic acids is 2. The molecular formula is C10H10Br2O3S. The van der Waals surface area contributed by atoms with Gasteiger partial charge in [-0.2, -0.15) is 0 Å². The van der Waals surface area contributed by atoms with Crippen molar-refractivity contribution in [3.63, 3.8) is 0 Å². The van der Waals surface area contributed by atoms with Crippen molar-refractivity contribution in [2.24, 2.45) is 0 Å². The largest absolute Gasteiger partial charge is 0.466 e. The Balaban J connectivity index is 2.50. The van der Waals surface area contributed by atoms with Crippen LogP contribution in [0.2, 0.25) is 0 Å². The summed E-state index contributed by atoms with van der Waals surface area (Å²) < 4.78 is 6.49. The maximum absolute atomic E-state index is 11.7. The van der Waals surface area contributed by atoms with Crippen molar-refractivity contribution in [1.29, 1.82) is 0 Å². The van der Waals surface area contributed by atoms with Gasteiger partial charge in [0.25, 0.3) is 0 Å². The molecule has 1 heterocycles. The predicted octanol–water partition coefficient (Wildman–Crippen LogP) is 3.80. The molecular weight excluding hydrogens is 360 g/mol. The van der Waals surface area contributed by atoms with E-state index in [4.69, 9.17) is 4.74 Å². The molecule has 0 spiro atoms. The summed E-state index contributed by atoms with van der Waals surface area (Å²) in [7, 11) is 0. The molecule has 0 saturated carbocycles. The van der Waals surface area contributed by atoms with Crippen LogP contribution in [0.3, 0.4) is 0 Å². The van der Waals surface area contributed by atoms with Crippen LogP contribution in [-0.4, -0.2) is 18.4 Å². The highest BCUT2D eigenvalue weighted by atomic mass is 79.9. The van der Waals surface area contributed by atoms with E-state index >= 15 is 0 Å². The summed E-state index contributed by atoms with van der Waals surface area (Å²) in [4.78, 5) is 23.4. The highest BCUT2D eigenvalue weighted by Gasteiger charge is 2.13. The SMILES string of the molecule is CCOC(=O)CCC(=O)c1cc(Br)c(Br)s1. The molecule has 88 valence electrons. The number of ether oxygens (including phenoxy) is 1. The second kappa shape index (κ2) is 6.51. The molecule has 1 aromatic rings. The van der Waals surface area contributed by atoms with Gasteiger partial charge in [0.15, 0.2) is 5.78 Å². The third-order valence-electron chi connectivity index (χ3n) is 1.78. The van der Waals surface area contributed by atoms with E-state index < -0.39 is 0 Å². The molecule has 3 nitrogen and oxygen atoms in total. The zero-order chi connectivity index (χ0) is 12.1. The molecule has 0 atom stereocenters. The summed E-state index contributed by atoms with van der Waals surface area (Å²) in [5.41, 5.74) is 0. The number of thiophene rings is 1. The van der Waals surface area contributed by atoms with Crippen LogP contribution in [0.25, 0.3) is 0 Å². The molecule has 6 heteroatoms. The highest BCUT2D eigenvalue weighted by Crippen LogP contribution is 2.33. The van der Waals surface area contributed by atoms with Crippen molar-refractivity contribution >= 4 is 54.9 Å². The highest BCUT2D eigenvalue weighted by molar-refractivity contribution is 9.13. The van der Waals surface area contributed by atoms with Gasteiger partial charge in [-0.15, -0.1) is 11.3 Å². The van der Waals surface area contributed by atoms with E-state index in [0.29, 0.717) is 11.5 Å². The van der Waals surface area contributed by atoms with Gasteiger partial charge >= 0.3 is 5.97 Å². The molecule has 1 aromatic heterocycles. The first-order valence-electron chi connectivity index (χ1n) is 4.68. The zero-order valence-corrected chi connectivity index (χ0v) is 12.6. The summed E-state index contributed by atoms with van der Waals surface area (Å²) in [5, 5.41) is 0. The lowest BCUT2D eigenvalue weighted by Crippen LogP contribution is -2.07. The van der Waals surface area contributed by atoms with Crippen LogP contribution in [-0.2, 0) is 9.53 Å².